The number of aryl methyl sites for hydroxylation is 6. The van der Waals surface area contributed by atoms with Crippen LogP contribution in [0.3, 0.4) is 0 Å². The molecule has 4 aromatic heterocycles. The highest BCUT2D eigenvalue weighted by molar-refractivity contribution is 6.15. The summed E-state index contributed by atoms with van der Waals surface area (Å²) >= 11 is 0. The average Bonchev–Trinajstić information content (AvgIpc) is 0.768. The van der Waals surface area contributed by atoms with Gasteiger partial charge in [-0.05, 0) is 216 Å². The minimum Gasteiger partial charge on any atom is -1.00 e. The SMILES string of the molecule is Cc1ccccc1-c1cc(-c2ccccc2)nc(-c2cc(-c3cc(-c4ccccc4C)cc(-c4ccccc4)n3)cc(-c3cc(-c4ccccc4C)cc(-c4ccccc4)n3)c2)c1.Cc1ccccc1/C=C/C(=O)c1cc(C(=O)/C=C/c2ccccc2C)cc(C(=O)/C=C/c2ccccc2C)c1.O=C(C[n+]1ccccc1)c1ccccc1.O=[N+]([O-])c1ccccc1.[Br-]. The highest BCUT2D eigenvalue weighted by Gasteiger charge is 2.21. The molecule has 0 aliphatic heterocycles. The van der Waals surface area contributed by atoms with Gasteiger partial charge in [-0.1, -0.05) is 309 Å². The van der Waals surface area contributed by atoms with E-state index in [1.807, 2.05) is 159 Å². The van der Waals surface area contributed by atoms with Gasteiger partial charge in [-0.15, -0.1) is 0 Å². The zero-order chi connectivity index (χ0) is 87.7. The molecule has 13 aromatic carbocycles. The van der Waals surface area contributed by atoms with Gasteiger partial charge in [-0.3, -0.25) is 29.3 Å². The average molecular weight is 1720 g/mol. The van der Waals surface area contributed by atoms with Crippen LogP contribution >= 0.6 is 0 Å². The van der Waals surface area contributed by atoms with Crippen LogP contribution in [-0.4, -0.2) is 43.0 Å². The maximum atomic E-state index is 13.2. The van der Waals surface area contributed by atoms with Crippen molar-refractivity contribution >= 4 is 47.0 Å². The van der Waals surface area contributed by atoms with E-state index in [2.05, 4.69) is 239 Å². The summed E-state index contributed by atoms with van der Waals surface area (Å²) in [6.07, 6.45) is 13.5. The number of non-ortho nitro benzene ring substituents is 1. The summed E-state index contributed by atoms with van der Waals surface area (Å²) in [5, 5.41) is 10.0. The quantitative estimate of drug-likeness (QED) is 0.0212. The topological polar surface area (TPSA) is 154 Å². The lowest BCUT2D eigenvalue weighted by Gasteiger charge is -2.16. The molecule has 620 valence electrons. The number of nitrogens with zero attached hydrogens (tertiary/aromatic N) is 5. The molecule has 0 saturated heterocycles. The number of Topliss-reactive ketones (excluding diaryl/α,β-unsaturated/α-hetero) is 1. The van der Waals surface area contributed by atoms with Crippen molar-refractivity contribution in [2.75, 3.05) is 0 Å². The number of allylic oxidation sites excluding steroid dienone is 3. The molecule has 0 spiro atoms. The second-order valence-electron chi connectivity index (χ2n) is 30.6. The normalized spacial score (nSPS) is 10.8. The number of ketones is 4. The number of benzene rings is 13. The van der Waals surface area contributed by atoms with Crippen molar-refractivity contribution in [2.24, 2.45) is 0 Å². The molecule has 11 nitrogen and oxygen atoms in total. The van der Waals surface area contributed by atoms with Crippen molar-refractivity contribution in [1.82, 2.24) is 15.0 Å². The van der Waals surface area contributed by atoms with E-state index in [1.165, 1.54) is 63.7 Å². The molecule has 0 saturated carbocycles. The van der Waals surface area contributed by atoms with Crippen molar-refractivity contribution in [1.29, 1.82) is 0 Å². The number of hydrogen-bond acceptors (Lipinski definition) is 9. The first-order valence-electron chi connectivity index (χ1n) is 41.7. The number of carbonyl (C=O) groups excluding carboxylic acids is 4. The molecular formula is C115H92BrN5O6. The predicted octanol–water partition coefficient (Wildman–Crippen LogP) is 24.6. The maximum absolute atomic E-state index is 13.2. The fourth-order valence-corrected chi connectivity index (χ4v) is 14.7. The molecule has 17 aromatic rings. The summed E-state index contributed by atoms with van der Waals surface area (Å²) in [6, 6.07) is 128. The number of halogens is 1. The summed E-state index contributed by atoms with van der Waals surface area (Å²) in [5.74, 6) is -0.722. The van der Waals surface area contributed by atoms with Gasteiger partial charge in [0.25, 0.3) is 5.69 Å². The molecule has 0 aliphatic carbocycles. The molecule has 0 fully saturated rings. The summed E-state index contributed by atoms with van der Waals surface area (Å²) in [6.45, 7) is 12.8. The van der Waals surface area contributed by atoms with Crippen LogP contribution in [0.15, 0.2) is 419 Å². The van der Waals surface area contributed by atoms with Gasteiger partial charge in [0, 0.05) is 79.9 Å². The van der Waals surface area contributed by atoms with Crippen molar-refractivity contribution < 1.29 is 45.7 Å². The zero-order valence-corrected chi connectivity index (χ0v) is 72.9. The molecule has 127 heavy (non-hydrogen) atoms. The molecular weight excluding hydrogens is 1630 g/mol. The van der Waals surface area contributed by atoms with E-state index >= 15 is 0 Å². The van der Waals surface area contributed by atoms with Gasteiger partial charge in [0.15, 0.2) is 29.7 Å². The third kappa shape index (κ3) is 23.7. The lowest BCUT2D eigenvalue weighted by molar-refractivity contribution is -0.683. The van der Waals surface area contributed by atoms with Crippen molar-refractivity contribution in [3.05, 3.63) is 501 Å². The second-order valence-corrected chi connectivity index (χ2v) is 30.6. The summed E-state index contributed by atoms with van der Waals surface area (Å²) < 4.78 is 1.87. The number of para-hydroxylation sites is 1. The molecule has 17 rings (SSSR count). The molecule has 0 N–H and O–H groups in total. The Labute approximate surface area is 752 Å². The Balaban J connectivity index is 0.000000181. The Morgan fingerprint density at radius 3 is 0.811 bits per heavy atom. The van der Waals surface area contributed by atoms with Crippen LogP contribution in [0.1, 0.15) is 91.5 Å². The van der Waals surface area contributed by atoms with E-state index < -0.39 is 4.92 Å². The molecule has 4 heterocycles. The molecule has 0 atom stereocenters. The number of carbonyl (C=O) groups is 4. The fourth-order valence-electron chi connectivity index (χ4n) is 14.7. The number of rotatable bonds is 22. The van der Waals surface area contributed by atoms with Crippen LogP contribution in [0.25, 0.3) is 119 Å². The zero-order valence-electron chi connectivity index (χ0n) is 71.3. The molecule has 0 unspecified atom stereocenters. The monoisotopic (exact) mass is 1720 g/mol. The van der Waals surface area contributed by atoms with E-state index in [4.69, 9.17) is 15.0 Å². The first kappa shape index (κ1) is 89.0. The minimum atomic E-state index is -0.417. The van der Waals surface area contributed by atoms with Gasteiger partial charge in [0.2, 0.25) is 12.3 Å². The summed E-state index contributed by atoms with van der Waals surface area (Å²) in [5.41, 5.74) is 29.6. The van der Waals surface area contributed by atoms with Crippen molar-refractivity contribution in [3.8, 4) is 101 Å². The third-order valence-electron chi connectivity index (χ3n) is 21.6. The van der Waals surface area contributed by atoms with Gasteiger partial charge >= 0.3 is 0 Å². The highest BCUT2D eigenvalue weighted by Crippen LogP contribution is 2.40. The van der Waals surface area contributed by atoms with E-state index in [0.717, 1.165) is 123 Å². The van der Waals surface area contributed by atoms with Crippen LogP contribution in [0.5, 0.6) is 0 Å². The second kappa shape index (κ2) is 43.3. The van der Waals surface area contributed by atoms with Crippen LogP contribution in [-0.2, 0) is 6.54 Å². The number of aromatic nitrogens is 4. The van der Waals surface area contributed by atoms with E-state index in [-0.39, 0.29) is 62.5 Å². The molecule has 0 radical (unpaired) electrons. The lowest BCUT2D eigenvalue weighted by atomic mass is 9.92. The number of hydrogen-bond donors (Lipinski definition) is 0. The standard InChI is InChI=1S/C60H45N3.C36H30O3.C13H12NO.C6H5NO2.BrH/c1-40-19-13-16-28-52(40)46-34-55(43-22-7-4-8-23-43)61-58(37-46)49-31-50(59-38-47(53-29-17-14-20-41(53)2)35-56(62-59)44-24-9-5-10-25-44)33-51(32-49)60-39-48(54-30-18-15-21-42(54)3)36-57(63-60)45-26-11-6-12-27-45;1-25-10-4-7-13-28(25)16-19-34(37)31-22-32(35(38)20-17-29-14-8-5-11-26(29)2)24-33(23-31)36(39)21-18-30-15-9-6-12-27(30)3;15-13(12-7-3-1-4-8-12)11-14-9-5-2-6-10-14;8-7(9)6-4-2-1-3-5-6;/h4-39H,1-3H3;4-24H,1-3H3;1-10H,11H2;1-5H;1H/q;;+1;;/p-1/b;19-16+,20-17+,21-18+;;;. The van der Waals surface area contributed by atoms with Crippen LogP contribution < -0.4 is 21.5 Å². The Bertz CT molecular complexity index is 6290. The van der Waals surface area contributed by atoms with E-state index in [1.54, 1.807) is 54.6 Å². The van der Waals surface area contributed by atoms with Gasteiger partial charge in [0.1, 0.15) is 0 Å². The van der Waals surface area contributed by atoms with E-state index in [9.17, 15) is 29.3 Å². The highest BCUT2D eigenvalue weighted by atomic mass is 79.9. The van der Waals surface area contributed by atoms with Crippen molar-refractivity contribution in [2.45, 2.75) is 48.1 Å². The summed E-state index contributed by atoms with van der Waals surface area (Å²) in [4.78, 5) is 77.3. The van der Waals surface area contributed by atoms with Crippen molar-refractivity contribution in [3.63, 3.8) is 0 Å². The molecule has 0 amide bonds. The molecule has 0 aliphatic rings. The van der Waals surface area contributed by atoms with Crippen LogP contribution in [0.4, 0.5) is 5.69 Å². The number of pyridine rings is 4. The first-order valence-corrected chi connectivity index (χ1v) is 41.7. The van der Waals surface area contributed by atoms with Gasteiger partial charge in [-0.25, -0.2) is 15.0 Å². The maximum Gasteiger partial charge on any atom is 0.269 e. The first-order chi connectivity index (χ1) is 61.4. The smallest absolute Gasteiger partial charge is 0.269 e. The van der Waals surface area contributed by atoms with Crippen LogP contribution in [0.2, 0.25) is 0 Å². The minimum absolute atomic E-state index is 0. The van der Waals surface area contributed by atoms with Gasteiger partial charge in [0.05, 0.1) is 39.1 Å². The van der Waals surface area contributed by atoms with Crippen LogP contribution in [0, 0.1) is 51.7 Å². The Morgan fingerprint density at radius 2 is 0.528 bits per heavy atom. The Hall–Kier alpha value is -15.8. The third-order valence-corrected chi connectivity index (χ3v) is 21.6. The largest absolute Gasteiger partial charge is 1.00 e. The molecule has 0 bridgehead atoms. The fraction of sp³-hybridized carbons (Fsp3) is 0.0609. The molecule has 12 heteroatoms. The Morgan fingerprint density at radius 1 is 0.276 bits per heavy atom. The number of nitro groups is 1. The van der Waals surface area contributed by atoms with E-state index in [0.29, 0.717) is 6.54 Å². The lowest BCUT2D eigenvalue weighted by Crippen LogP contribution is -3.00. The Kier molecular flexibility index (Phi) is 30.4. The summed E-state index contributed by atoms with van der Waals surface area (Å²) in [7, 11) is 0. The van der Waals surface area contributed by atoms with Gasteiger partial charge < -0.3 is 17.0 Å². The van der Waals surface area contributed by atoms with Gasteiger partial charge in [-0.2, -0.15) is 4.57 Å². The predicted molar refractivity (Wildman–Crippen MR) is 514 cm³/mol. The number of nitro benzene ring substituents is 1.